The zero-order valence-electron chi connectivity index (χ0n) is 17.0. The Morgan fingerprint density at radius 1 is 1.00 bits per heavy atom. The number of piperazine rings is 1. The minimum atomic E-state index is -3.54. The molecular formula is C20H22N6O3S2. The lowest BCUT2D eigenvalue weighted by molar-refractivity contribution is -0.129. The van der Waals surface area contributed by atoms with E-state index in [1.807, 2.05) is 31.2 Å². The van der Waals surface area contributed by atoms with Crippen LogP contribution >= 0.6 is 11.8 Å². The summed E-state index contributed by atoms with van der Waals surface area (Å²) in [6, 6.07) is 16.1. The quantitative estimate of drug-likeness (QED) is 0.517. The molecule has 162 valence electrons. The predicted octanol–water partition coefficient (Wildman–Crippen LogP) is 1.60. The molecule has 1 amide bonds. The standard InChI is InChI=1S/C20H22N6O3S2/c1-16-7-5-6-10-18(16)26-20(21-22-23-26)30-15-19(27)24-11-13-25(14-12-24)31(28,29)17-8-3-2-4-9-17/h2-10H,11-15H2,1H3. The van der Waals surface area contributed by atoms with E-state index in [1.54, 1.807) is 39.9 Å². The third-order valence-electron chi connectivity index (χ3n) is 5.08. The highest BCUT2D eigenvalue weighted by atomic mass is 32.2. The normalized spacial score (nSPS) is 15.2. The third kappa shape index (κ3) is 4.63. The highest BCUT2D eigenvalue weighted by molar-refractivity contribution is 7.99. The molecule has 0 bridgehead atoms. The van der Waals surface area contributed by atoms with Crippen LogP contribution in [0, 0.1) is 6.92 Å². The van der Waals surface area contributed by atoms with Crippen LogP contribution in [0.15, 0.2) is 64.6 Å². The molecule has 0 unspecified atom stereocenters. The number of benzene rings is 2. The number of para-hydroxylation sites is 1. The van der Waals surface area contributed by atoms with Crippen molar-refractivity contribution in [2.45, 2.75) is 17.0 Å². The summed E-state index contributed by atoms with van der Waals surface area (Å²) >= 11 is 1.27. The molecule has 0 N–H and O–H groups in total. The van der Waals surface area contributed by atoms with Gasteiger partial charge in [-0.15, -0.1) is 5.10 Å². The fourth-order valence-corrected chi connectivity index (χ4v) is 5.59. The first-order valence-corrected chi connectivity index (χ1v) is 12.2. The van der Waals surface area contributed by atoms with Crippen molar-refractivity contribution < 1.29 is 13.2 Å². The first-order valence-electron chi connectivity index (χ1n) is 9.77. The van der Waals surface area contributed by atoms with E-state index in [0.29, 0.717) is 18.2 Å². The number of tetrazole rings is 1. The van der Waals surface area contributed by atoms with Gasteiger partial charge in [0, 0.05) is 26.2 Å². The summed E-state index contributed by atoms with van der Waals surface area (Å²) in [6.45, 7) is 3.23. The number of thioether (sulfide) groups is 1. The summed E-state index contributed by atoms with van der Waals surface area (Å²) < 4.78 is 28.5. The van der Waals surface area contributed by atoms with Crippen LogP contribution in [0.2, 0.25) is 0 Å². The second-order valence-electron chi connectivity index (χ2n) is 7.05. The van der Waals surface area contributed by atoms with Gasteiger partial charge in [-0.2, -0.15) is 8.99 Å². The minimum Gasteiger partial charge on any atom is -0.339 e. The van der Waals surface area contributed by atoms with Crippen LogP contribution in [0.3, 0.4) is 0 Å². The first kappa shape index (κ1) is 21.5. The molecule has 1 aliphatic rings. The number of hydrogen-bond acceptors (Lipinski definition) is 7. The highest BCUT2D eigenvalue weighted by Crippen LogP contribution is 2.22. The molecule has 9 nitrogen and oxygen atoms in total. The number of carbonyl (C=O) groups is 1. The van der Waals surface area contributed by atoms with E-state index in [4.69, 9.17) is 0 Å². The Morgan fingerprint density at radius 2 is 1.68 bits per heavy atom. The van der Waals surface area contributed by atoms with E-state index in [9.17, 15) is 13.2 Å². The number of amides is 1. The lowest BCUT2D eigenvalue weighted by Gasteiger charge is -2.34. The molecule has 1 aliphatic heterocycles. The van der Waals surface area contributed by atoms with Gasteiger partial charge in [0.15, 0.2) is 0 Å². The van der Waals surface area contributed by atoms with Crippen LogP contribution in [0.1, 0.15) is 5.56 Å². The Labute approximate surface area is 185 Å². The third-order valence-corrected chi connectivity index (χ3v) is 7.90. The molecule has 0 aliphatic carbocycles. The fraction of sp³-hybridized carbons (Fsp3) is 0.300. The molecule has 31 heavy (non-hydrogen) atoms. The van der Waals surface area contributed by atoms with Gasteiger partial charge in [0.05, 0.1) is 16.3 Å². The van der Waals surface area contributed by atoms with Crippen LogP contribution in [-0.4, -0.2) is 75.7 Å². The van der Waals surface area contributed by atoms with Gasteiger partial charge >= 0.3 is 0 Å². The molecule has 1 saturated heterocycles. The Kier molecular flexibility index (Phi) is 6.35. The molecule has 4 rings (SSSR count). The molecule has 0 spiro atoms. The first-order chi connectivity index (χ1) is 15.0. The van der Waals surface area contributed by atoms with Crippen molar-refractivity contribution in [1.29, 1.82) is 0 Å². The zero-order valence-corrected chi connectivity index (χ0v) is 18.6. The van der Waals surface area contributed by atoms with Crippen LogP contribution in [-0.2, 0) is 14.8 Å². The molecule has 1 fully saturated rings. The average molecular weight is 459 g/mol. The average Bonchev–Trinajstić information content (AvgIpc) is 3.27. The summed E-state index contributed by atoms with van der Waals surface area (Å²) in [5.41, 5.74) is 1.89. The second-order valence-corrected chi connectivity index (χ2v) is 9.93. The van der Waals surface area contributed by atoms with Gasteiger partial charge < -0.3 is 4.90 Å². The Morgan fingerprint density at radius 3 is 2.39 bits per heavy atom. The maximum atomic E-state index is 12.7. The van der Waals surface area contributed by atoms with Gasteiger partial charge in [-0.05, 0) is 41.1 Å². The number of rotatable bonds is 6. The highest BCUT2D eigenvalue weighted by Gasteiger charge is 2.30. The van der Waals surface area contributed by atoms with E-state index >= 15 is 0 Å². The van der Waals surface area contributed by atoms with Gasteiger partial charge in [0.2, 0.25) is 21.1 Å². The number of aryl methyl sites for hydroxylation is 1. The largest absolute Gasteiger partial charge is 0.339 e. The van der Waals surface area contributed by atoms with Gasteiger partial charge in [-0.25, -0.2) is 8.42 Å². The van der Waals surface area contributed by atoms with Crippen molar-refractivity contribution in [2.24, 2.45) is 0 Å². The van der Waals surface area contributed by atoms with Gasteiger partial charge in [0.25, 0.3) is 0 Å². The van der Waals surface area contributed by atoms with Gasteiger partial charge in [0.1, 0.15) is 0 Å². The second kappa shape index (κ2) is 9.16. The molecule has 1 aromatic heterocycles. The lowest BCUT2D eigenvalue weighted by atomic mass is 10.2. The van der Waals surface area contributed by atoms with Crippen LogP contribution < -0.4 is 0 Å². The summed E-state index contributed by atoms with van der Waals surface area (Å²) in [6.07, 6.45) is 0. The van der Waals surface area contributed by atoms with E-state index in [-0.39, 0.29) is 29.6 Å². The number of sulfonamides is 1. The van der Waals surface area contributed by atoms with Crippen molar-refractivity contribution >= 4 is 27.7 Å². The summed E-state index contributed by atoms with van der Waals surface area (Å²) in [5.74, 6) is 0.110. The Balaban J connectivity index is 1.35. The van der Waals surface area contributed by atoms with Crippen LogP contribution in [0.5, 0.6) is 0 Å². The monoisotopic (exact) mass is 458 g/mol. The summed E-state index contributed by atoms with van der Waals surface area (Å²) in [7, 11) is -3.54. The van der Waals surface area contributed by atoms with Gasteiger partial charge in [-0.3, -0.25) is 4.79 Å². The zero-order chi connectivity index (χ0) is 21.8. The van der Waals surface area contributed by atoms with Crippen LogP contribution in [0.25, 0.3) is 5.69 Å². The van der Waals surface area contributed by atoms with E-state index in [1.165, 1.54) is 16.1 Å². The predicted molar refractivity (Wildman–Crippen MR) is 116 cm³/mol. The summed E-state index contributed by atoms with van der Waals surface area (Å²) in [5, 5.41) is 12.4. The molecule has 0 radical (unpaired) electrons. The van der Waals surface area contributed by atoms with Crippen molar-refractivity contribution in [3.63, 3.8) is 0 Å². The summed E-state index contributed by atoms with van der Waals surface area (Å²) in [4.78, 5) is 14.7. The number of hydrogen-bond donors (Lipinski definition) is 0. The molecule has 2 heterocycles. The molecule has 0 saturated carbocycles. The van der Waals surface area contributed by atoms with E-state index < -0.39 is 10.0 Å². The van der Waals surface area contributed by atoms with Crippen LogP contribution in [0.4, 0.5) is 0 Å². The maximum absolute atomic E-state index is 12.7. The number of aromatic nitrogens is 4. The Bertz CT molecular complexity index is 1160. The minimum absolute atomic E-state index is 0.0684. The topological polar surface area (TPSA) is 101 Å². The molecule has 0 atom stereocenters. The van der Waals surface area contributed by atoms with E-state index in [2.05, 4.69) is 15.5 Å². The van der Waals surface area contributed by atoms with Crippen molar-refractivity contribution in [2.75, 3.05) is 31.9 Å². The fourth-order valence-electron chi connectivity index (χ4n) is 3.36. The Hall–Kier alpha value is -2.76. The molecule has 3 aromatic rings. The van der Waals surface area contributed by atoms with E-state index in [0.717, 1.165) is 11.3 Å². The number of nitrogens with zero attached hydrogens (tertiary/aromatic N) is 6. The molecule has 2 aromatic carbocycles. The maximum Gasteiger partial charge on any atom is 0.243 e. The van der Waals surface area contributed by atoms with Crippen molar-refractivity contribution in [3.8, 4) is 5.69 Å². The van der Waals surface area contributed by atoms with Crippen molar-refractivity contribution in [1.82, 2.24) is 29.4 Å². The van der Waals surface area contributed by atoms with Gasteiger partial charge in [-0.1, -0.05) is 48.2 Å². The smallest absolute Gasteiger partial charge is 0.243 e. The van der Waals surface area contributed by atoms with Crippen molar-refractivity contribution in [3.05, 3.63) is 60.2 Å². The SMILES string of the molecule is Cc1ccccc1-n1nnnc1SCC(=O)N1CCN(S(=O)(=O)c2ccccc2)CC1. The molecule has 11 heteroatoms. The molecular weight excluding hydrogens is 436 g/mol. The number of carbonyl (C=O) groups excluding carboxylic acids is 1. The lowest BCUT2D eigenvalue weighted by Crippen LogP contribution is -2.50.